The van der Waals surface area contributed by atoms with Crippen molar-refractivity contribution in [2.24, 2.45) is 3.77 Å². The van der Waals surface area contributed by atoms with Crippen molar-refractivity contribution >= 4 is 139 Å². The molecule has 29 heavy (non-hydrogen) atoms. The summed E-state index contributed by atoms with van der Waals surface area (Å²) in [5.74, 6) is -0.00686. The van der Waals surface area contributed by atoms with E-state index < -0.39 is 61.3 Å². The molecule has 1 aromatic heterocycles. The van der Waals surface area contributed by atoms with Gasteiger partial charge in [0.2, 0.25) is 0 Å². The van der Waals surface area contributed by atoms with E-state index in [0.717, 1.165) is 8.69 Å². The first-order valence-electron chi connectivity index (χ1n) is 7.06. The topological polar surface area (TPSA) is 221 Å². The number of hydrogen-bond acceptors (Lipinski definition) is 11. The number of nitrogen functional groups attached to an aromatic ring is 1. The molecule has 20 heteroatoms. The molecule has 4 atom stereocenters. The summed E-state index contributed by atoms with van der Waals surface area (Å²) in [7, 11) is -13.8. The smallest absolute Gasteiger partial charge is 0.351 e. The molecule has 0 bridgehead atoms. The van der Waals surface area contributed by atoms with Crippen LogP contribution in [0.4, 0.5) is 5.82 Å². The van der Waals surface area contributed by atoms with Crippen LogP contribution in [0, 0.1) is 0 Å². The Bertz CT molecular complexity index is 1150. The van der Waals surface area contributed by atoms with E-state index in [9.17, 15) is 30.9 Å². The first-order chi connectivity index (χ1) is 12.4. The van der Waals surface area contributed by atoms with Crippen molar-refractivity contribution in [3.8, 4) is 0 Å². The molecule has 3 rings (SSSR count). The number of hydrogen-bond donors (Lipinski definition) is 4. The van der Waals surface area contributed by atoms with Crippen LogP contribution in [0.2, 0.25) is 0 Å². The van der Waals surface area contributed by atoms with Crippen LogP contribution in [0.25, 0.3) is 0 Å². The van der Waals surface area contributed by atoms with Crippen molar-refractivity contribution in [3.63, 3.8) is 0 Å². The zero-order valence-corrected chi connectivity index (χ0v) is 23.9. The van der Waals surface area contributed by atoms with Gasteiger partial charge in [-0.3, -0.25) is 8.75 Å². The number of aliphatic hydroxyl groups excluding tert-OH is 1. The third-order valence-electron chi connectivity index (χ3n) is 3.38. The second-order valence-electron chi connectivity index (χ2n) is 5.45. The Morgan fingerprint density at radius 2 is 1.93 bits per heavy atom. The molecule has 154 valence electrons. The van der Waals surface area contributed by atoms with Gasteiger partial charge in [0, 0.05) is 115 Å². The predicted octanol–water partition coefficient (Wildman–Crippen LogP) is -4.29. The molecule has 0 aliphatic carbocycles. The van der Waals surface area contributed by atoms with E-state index in [1.165, 1.54) is 16.4 Å². The Hall–Kier alpha value is 1.60. The summed E-state index contributed by atoms with van der Waals surface area (Å²) in [4.78, 5) is 15.3. The quantitative estimate of drug-likeness (QED) is 0.276. The molecule has 1 saturated heterocycles. The summed E-state index contributed by atoms with van der Waals surface area (Å²) >= 11 is 0. The minimum absolute atomic E-state index is 0. The maximum absolute atomic E-state index is 12.2. The summed E-state index contributed by atoms with van der Waals surface area (Å²) in [5, 5.41) is 10.0. The SMILES string of the molecule is Nc1ccn([C@H]2C[C@H](O)[C@@H](COS3(=O)=NS(=O)(=O)NS(=O)(=O)N3)O2)c(=O)n1.[K].[K]. The fourth-order valence-corrected chi connectivity index (χ4v) is 7.51. The van der Waals surface area contributed by atoms with E-state index in [-0.39, 0.29) is 115 Å². The zero-order valence-electron chi connectivity index (χ0n) is 15.2. The van der Waals surface area contributed by atoms with E-state index in [4.69, 9.17) is 14.7 Å². The van der Waals surface area contributed by atoms with Gasteiger partial charge < -0.3 is 15.6 Å². The van der Waals surface area contributed by atoms with Gasteiger partial charge in [-0.2, -0.15) is 21.8 Å². The predicted molar refractivity (Wildman–Crippen MR) is 99.6 cm³/mol. The number of ether oxygens (including phenoxy) is 1. The van der Waals surface area contributed by atoms with Gasteiger partial charge in [0.05, 0.1) is 12.7 Å². The molecule has 0 spiro atoms. The maximum Gasteiger partial charge on any atom is 0.351 e. The molecule has 1 fully saturated rings. The molecule has 1 unspecified atom stereocenters. The van der Waals surface area contributed by atoms with Gasteiger partial charge in [0.25, 0.3) is 10.2 Å². The third kappa shape index (κ3) is 7.56. The summed E-state index contributed by atoms with van der Waals surface area (Å²) < 4.78 is 74.3. The number of aromatic nitrogens is 2. The maximum atomic E-state index is 12.2. The minimum atomic E-state index is -4.77. The number of nitrogens with two attached hydrogens (primary N) is 1. The average molecular weight is 525 g/mol. The molecule has 1 aromatic rings. The Morgan fingerprint density at radius 3 is 2.52 bits per heavy atom. The van der Waals surface area contributed by atoms with Crippen molar-refractivity contribution in [2.45, 2.75) is 24.9 Å². The van der Waals surface area contributed by atoms with Gasteiger partial charge in [-0.15, -0.1) is 0 Å². The van der Waals surface area contributed by atoms with Gasteiger partial charge in [-0.05, 0) is 6.07 Å². The molecule has 0 aromatic carbocycles. The minimum Gasteiger partial charge on any atom is -0.390 e. The number of aliphatic hydroxyl groups is 1. The van der Waals surface area contributed by atoms with E-state index in [1.54, 1.807) is 0 Å². The number of anilines is 1. The second kappa shape index (κ2) is 10.7. The van der Waals surface area contributed by atoms with E-state index in [1.807, 2.05) is 0 Å². The van der Waals surface area contributed by atoms with Crippen LogP contribution in [0.5, 0.6) is 0 Å². The Balaban J connectivity index is 0.00000210. The van der Waals surface area contributed by atoms with Crippen molar-refractivity contribution in [2.75, 3.05) is 12.3 Å². The van der Waals surface area contributed by atoms with Crippen LogP contribution in [-0.4, -0.2) is 157 Å². The number of nitrogens with one attached hydrogen (secondary N) is 2. The third-order valence-corrected chi connectivity index (χ3v) is 8.85. The van der Waals surface area contributed by atoms with Crippen LogP contribution in [0.3, 0.4) is 0 Å². The monoisotopic (exact) mass is 524 g/mol. The van der Waals surface area contributed by atoms with Crippen LogP contribution in [0.1, 0.15) is 12.6 Å². The fraction of sp³-hybridized carbons (Fsp3) is 0.556. The van der Waals surface area contributed by atoms with Crippen molar-refractivity contribution in [1.29, 1.82) is 0 Å². The second-order valence-corrected chi connectivity index (χ2v) is 10.5. The first kappa shape index (κ1) is 28.6. The van der Waals surface area contributed by atoms with E-state index >= 15 is 0 Å². The van der Waals surface area contributed by atoms with Crippen LogP contribution in [0.15, 0.2) is 20.8 Å². The molecule has 2 radical (unpaired) electrons. The van der Waals surface area contributed by atoms with Gasteiger partial charge in [-0.25, -0.2) is 9.00 Å². The average Bonchev–Trinajstić information content (AvgIpc) is 2.82. The van der Waals surface area contributed by atoms with Crippen LogP contribution < -0.4 is 19.7 Å². The Kier molecular flexibility index (Phi) is 10.6. The summed E-state index contributed by atoms with van der Waals surface area (Å²) in [5.41, 5.74) is 4.65. The normalized spacial score (nSPS) is 32.4. The molecule has 2 aliphatic rings. The molecule has 0 amide bonds. The number of nitrogens with zero attached hydrogens (tertiary/aromatic N) is 3. The van der Waals surface area contributed by atoms with Crippen molar-refractivity contribution < 1.29 is 35.1 Å². The van der Waals surface area contributed by atoms with Crippen molar-refractivity contribution in [1.82, 2.24) is 17.8 Å². The molecule has 2 aliphatic heterocycles. The summed E-state index contributed by atoms with van der Waals surface area (Å²) in [6.45, 7) is -0.685. The first-order valence-corrected chi connectivity index (χ1v) is 11.4. The largest absolute Gasteiger partial charge is 0.390 e. The molecule has 15 nitrogen and oxygen atoms in total. The van der Waals surface area contributed by atoms with Gasteiger partial charge in [0.15, 0.2) is 0 Å². The van der Waals surface area contributed by atoms with Crippen LogP contribution in [-0.2, 0) is 39.5 Å². The molecule has 3 heterocycles. The summed E-state index contributed by atoms with van der Waals surface area (Å²) in [6.07, 6.45) is -2.07. The molecular weight excluding hydrogens is 511 g/mol. The summed E-state index contributed by atoms with van der Waals surface area (Å²) in [6, 6.07) is 1.34. The van der Waals surface area contributed by atoms with Crippen LogP contribution >= 0.6 is 0 Å². The van der Waals surface area contributed by atoms with Gasteiger partial charge in [0.1, 0.15) is 18.1 Å². The Morgan fingerprint density at radius 1 is 1.28 bits per heavy atom. The van der Waals surface area contributed by atoms with E-state index in [0.29, 0.717) is 0 Å². The van der Waals surface area contributed by atoms with E-state index in [2.05, 4.69) is 8.75 Å². The molecular formula is C9H14K2N6O9S3. The standard InChI is InChI=1S/C9H14N6O9S3.2K/c10-7-1-2-15(9(17)11-7)8-3-5(16)6(24-8)4-23-27(22)13-25(18,19)12-26(20,21)14-27;;/h1-2,5-6,8,12,16H,3-4H2,(H2,10,11,17)(H,13,14,22);;/t5-,6+,8+;;/m0../s1. The van der Waals surface area contributed by atoms with Gasteiger partial charge >= 0.3 is 26.1 Å². The molecule has 5 N–H and O–H groups in total. The fourth-order valence-electron chi connectivity index (χ4n) is 2.34. The van der Waals surface area contributed by atoms with Gasteiger partial charge in [-0.1, -0.05) is 12.0 Å². The number of rotatable bonds is 4. The molecule has 0 saturated carbocycles. The van der Waals surface area contributed by atoms with Crippen molar-refractivity contribution in [3.05, 3.63) is 22.7 Å². The zero-order chi connectivity index (χ0) is 20.0. The Labute approximate surface area is 251 Å².